The number of benzene rings is 1. The standard InChI is InChI=1S/C12H15BrN2O4S/c13-10-1-2-11(9(4-10)6-16)15-5-8(3-12(15)17)7-20(14,18)19/h1-2,4,8,16H,3,5-7H2,(H2,14,18,19). The summed E-state index contributed by atoms with van der Waals surface area (Å²) in [6, 6.07) is 5.23. The van der Waals surface area contributed by atoms with Crippen molar-refractivity contribution >= 4 is 37.5 Å². The van der Waals surface area contributed by atoms with Crippen LogP contribution in [0.2, 0.25) is 0 Å². The largest absolute Gasteiger partial charge is 0.392 e. The Balaban J connectivity index is 2.24. The maximum atomic E-state index is 12.0. The number of rotatable bonds is 4. The molecule has 0 bridgehead atoms. The van der Waals surface area contributed by atoms with Gasteiger partial charge < -0.3 is 10.0 Å². The fourth-order valence-corrected chi connectivity index (χ4v) is 3.69. The molecule has 1 heterocycles. The van der Waals surface area contributed by atoms with Crippen LogP contribution in [0.4, 0.5) is 5.69 Å². The van der Waals surface area contributed by atoms with Crippen LogP contribution in [0.1, 0.15) is 12.0 Å². The van der Waals surface area contributed by atoms with Gasteiger partial charge in [0, 0.05) is 34.6 Å². The molecule has 1 atom stereocenters. The van der Waals surface area contributed by atoms with Gasteiger partial charge in [-0.2, -0.15) is 0 Å². The number of hydrogen-bond acceptors (Lipinski definition) is 4. The van der Waals surface area contributed by atoms with Gasteiger partial charge in [0.15, 0.2) is 0 Å². The lowest BCUT2D eigenvalue weighted by Crippen LogP contribution is -2.28. The minimum atomic E-state index is -3.59. The van der Waals surface area contributed by atoms with E-state index in [4.69, 9.17) is 5.14 Å². The number of nitrogens with two attached hydrogens (primary N) is 1. The van der Waals surface area contributed by atoms with Crippen LogP contribution in [-0.4, -0.2) is 31.7 Å². The Morgan fingerprint density at radius 1 is 1.45 bits per heavy atom. The Morgan fingerprint density at radius 3 is 2.75 bits per heavy atom. The van der Waals surface area contributed by atoms with E-state index in [1.807, 2.05) is 0 Å². The third-order valence-electron chi connectivity index (χ3n) is 3.18. The van der Waals surface area contributed by atoms with Crippen molar-refractivity contribution in [2.45, 2.75) is 13.0 Å². The molecule has 6 nitrogen and oxygen atoms in total. The quantitative estimate of drug-likeness (QED) is 0.817. The fourth-order valence-electron chi connectivity index (χ4n) is 2.40. The molecule has 110 valence electrons. The number of anilines is 1. The summed E-state index contributed by atoms with van der Waals surface area (Å²) in [5, 5.41) is 14.4. The smallest absolute Gasteiger partial charge is 0.227 e. The highest BCUT2D eigenvalue weighted by atomic mass is 79.9. The summed E-state index contributed by atoms with van der Waals surface area (Å²) < 4.78 is 23.0. The second-order valence-electron chi connectivity index (χ2n) is 4.84. The first-order valence-corrected chi connectivity index (χ1v) is 8.51. The van der Waals surface area contributed by atoms with Crippen molar-refractivity contribution in [3.63, 3.8) is 0 Å². The van der Waals surface area contributed by atoms with Crippen LogP contribution in [0.25, 0.3) is 0 Å². The number of primary sulfonamides is 1. The van der Waals surface area contributed by atoms with E-state index in [0.717, 1.165) is 4.47 Å². The first-order valence-electron chi connectivity index (χ1n) is 6.00. The predicted octanol–water partition coefficient (Wildman–Crippen LogP) is 0.583. The van der Waals surface area contributed by atoms with Crippen molar-refractivity contribution < 1.29 is 18.3 Å². The van der Waals surface area contributed by atoms with Gasteiger partial charge in [-0.3, -0.25) is 4.79 Å². The zero-order valence-electron chi connectivity index (χ0n) is 10.6. The summed E-state index contributed by atoms with van der Waals surface area (Å²) in [4.78, 5) is 13.5. The third-order valence-corrected chi connectivity index (χ3v) is 4.61. The van der Waals surface area contributed by atoms with Crippen LogP contribution >= 0.6 is 15.9 Å². The van der Waals surface area contributed by atoms with Gasteiger partial charge in [0.25, 0.3) is 0 Å². The molecule has 3 N–H and O–H groups in total. The Labute approximate surface area is 125 Å². The highest BCUT2D eigenvalue weighted by molar-refractivity contribution is 9.10. The molecule has 0 aromatic heterocycles. The van der Waals surface area contributed by atoms with Gasteiger partial charge in [-0.05, 0) is 18.2 Å². The number of aliphatic hydroxyl groups is 1. The van der Waals surface area contributed by atoms with Crippen LogP contribution in [0.3, 0.4) is 0 Å². The molecule has 1 fully saturated rings. The van der Waals surface area contributed by atoms with Gasteiger partial charge >= 0.3 is 0 Å². The van der Waals surface area contributed by atoms with Gasteiger partial charge in [0.1, 0.15) is 0 Å². The average molecular weight is 363 g/mol. The zero-order chi connectivity index (χ0) is 14.9. The summed E-state index contributed by atoms with van der Waals surface area (Å²) in [5.41, 5.74) is 1.22. The maximum absolute atomic E-state index is 12.0. The van der Waals surface area contributed by atoms with Crippen molar-refractivity contribution in [2.24, 2.45) is 11.1 Å². The minimum Gasteiger partial charge on any atom is -0.392 e. The van der Waals surface area contributed by atoms with Crippen molar-refractivity contribution in [1.29, 1.82) is 0 Å². The van der Waals surface area contributed by atoms with Gasteiger partial charge in [-0.25, -0.2) is 13.6 Å². The Bertz CT molecular complexity index is 632. The van der Waals surface area contributed by atoms with Crippen LogP contribution in [-0.2, 0) is 21.4 Å². The van der Waals surface area contributed by atoms with E-state index in [0.29, 0.717) is 17.8 Å². The molecule has 1 unspecified atom stereocenters. The van der Waals surface area contributed by atoms with Crippen LogP contribution in [0, 0.1) is 5.92 Å². The number of sulfonamides is 1. The number of carbonyl (C=O) groups excluding carboxylic acids is 1. The molecular weight excluding hydrogens is 348 g/mol. The summed E-state index contributed by atoms with van der Waals surface area (Å²) >= 11 is 3.30. The van der Waals surface area contributed by atoms with Gasteiger partial charge in [0.2, 0.25) is 15.9 Å². The topological polar surface area (TPSA) is 101 Å². The highest BCUT2D eigenvalue weighted by Crippen LogP contribution is 2.30. The van der Waals surface area contributed by atoms with Gasteiger partial charge in [-0.1, -0.05) is 15.9 Å². The molecule has 1 aromatic carbocycles. The van der Waals surface area contributed by atoms with Crippen molar-refractivity contribution in [1.82, 2.24) is 0 Å². The molecule has 20 heavy (non-hydrogen) atoms. The number of carbonyl (C=O) groups is 1. The SMILES string of the molecule is NS(=O)(=O)CC1CC(=O)N(c2ccc(Br)cc2CO)C1. The Morgan fingerprint density at radius 2 is 2.15 bits per heavy atom. The number of halogens is 1. The third kappa shape index (κ3) is 3.57. The highest BCUT2D eigenvalue weighted by Gasteiger charge is 2.33. The number of nitrogens with zero attached hydrogens (tertiary/aromatic N) is 1. The van der Waals surface area contributed by atoms with Crippen LogP contribution in [0.15, 0.2) is 22.7 Å². The monoisotopic (exact) mass is 362 g/mol. The van der Waals surface area contributed by atoms with Crippen molar-refractivity contribution in [3.8, 4) is 0 Å². The minimum absolute atomic E-state index is 0.150. The van der Waals surface area contributed by atoms with E-state index in [2.05, 4.69) is 15.9 Å². The predicted molar refractivity (Wildman–Crippen MR) is 78.5 cm³/mol. The van der Waals surface area contributed by atoms with E-state index in [1.54, 1.807) is 18.2 Å². The zero-order valence-corrected chi connectivity index (χ0v) is 13.0. The van der Waals surface area contributed by atoms with Crippen molar-refractivity contribution in [2.75, 3.05) is 17.2 Å². The molecule has 0 spiro atoms. The number of hydrogen-bond donors (Lipinski definition) is 2. The molecule has 1 aliphatic heterocycles. The summed E-state index contributed by atoms with van der Waals surface area (Å²) in [7, 11) is -3.59. The molecule has 1 aromatic rings. The Kier molecular flexibility index (Phi) is 4.48. The molecule has 1 aliphatic rings. The number of aliphatic hydroxyl groups excluding tert-OH is 1. The van der Waals surface area contributed by atoms with E-state index in [9.17, 15) is 18.3 Å². The Hall–Kier alpha value is -0.960. The van der Waals surface area contributed by atoms with E-state index in [-0.39, 0.29) is 30.6 Å². The average Bonchev–Trinajstić information content (AvgIpc) is 2.67. The second-order valence-corrected chi connectivity index (χ2v) is 7.41. The first-order chi connectivity index (χ1) is 9.30. The molecule has 2 rings (SSSR count). The lowest BCUT2D eigenvalue weighted by Gasteiger charge is -2.20. The molecule has 0 saturated carbocycles. The number of amides is 1. The van der Waals surface area contributed by atoms with Crippen LogP contribution < -0.4 is 10.0 Å². The fraction of sp³-hybridized carbons (Fsp3) is 0.417. The molecule has 0 aliphatic carbocycles. The van der Waals surface area contributed by atoms with E-state index >= 15 is 0 Å². The second kappa shape index (κ2) is 5.80. The summed E-state index contributed by atoms with van der Waals surface area (Å²) in [6.45, 7) is 0.0995. The van der Waals surface area contributed by atoms with E-state index < -0.39 is 10.0 Å². The normalized spacial score (nSPS) is 19.6. The summed E-state index contributed by atoms with van der Waals surface area (Å²) in [6.07, 6.45) is 0.150. The summed E-state index contributed by atoms with van der Waals surface area (Å²) in [5.74, 6) is -0.677. The molecule has 1 saturated heterocycles. The lowest BCUT2D eigenvalue weighted by molar-refractivity contribution is -0.117. The van der Waals surface area contributed by atoms with E-state index in [1.165, 1.54) is 4.90 Å². The van der Waals surface area contributed by atoms with Crippen LogP contribution in [0.5, 0.6) is 0 Å². The molecule has 1 amide bonds. The molecular formula is C12H15BrN2O4S. The first kappa shape index (κ1) is 15.4. The lowest BCUT2D eigenvalue weighted by atomic mass is 10.1. The van der Waals surface area contributed by atoms with Crippen molar-refractivity contribution in [3.05, 3.63) is 28.2 Å². The van der Waals surface area contributed by atoms with Gasteiger partial charge in [0.05, 0.1) is 12.4 Å². The maximum Gasteiger partial charge on any atom is 0.227 e. The van der Waals surface area contributed by atoms with Gasteiger partial charge in [-0.15, -0.1) is 0 Å². The molecule has 0 radical (unpaired) electrons. The molecule has 8 heteroatoms.